The lowest BCUT2D eigenvalue weighted by Crippen LogP contribution is -2.52. The summed E-state index contributed by atoms with van der Waals surface area (Å²) in [6.07, 6.45) is 6.70. The van der Waals surface area contributed by atoms with E-state index in [-0.39, 0.29) is 0 Å². The molecule has 2 rings (SSSR count). The van der Waals surface area contributed by atoms with Gasteiger partial charge >= 0.3 is 0 Å². The molecule has 0 aromatic rings. The van der Waals surface area contributed by atoms with Gasteiger partial charge in [0.1, 0.15) is 0 Å². The molecule has 0 saturated heterocycles. The third-order valence-electron chi connectivity index (χ3n) is 4.06. The van der Waals surface area contributed by atoms with E-state index in [4.69, 9.17) is 5.73 Å². The molecule has 0 aromatic carbocycles. The van der Waals surface area contributed by atoms with Crippen LogP contribution in [0, 0.1) is 5.92 Å². The molecule has 0 aliphatic heterocycles. The second-order valence-corrected chi connectivity index (χ2v) is 5.03. The Morgan fingerprint density at radius 3 is 2.38 bits per heavy atom. The van der Waals surface area contributed by atoms with Crippen LogP contribution in [-0.2, 0) is 0 Å². The van der Waals surface area contributed by atoms with Crippen molar-refractivity contribution >= 4 is 0 Å². The van der Waals surface area contributed by atoms with Gasteiger partial charge in [0, 0.05) is 18.1 Å². The molecule has 2 N–H and O–H groups in total. The second-order valence-electron chi connectivity index (χ2n) is 5.03. The van der Waals surface area contributed by atoms with Gasteiger partial charge in [0.05, 0.1) is 0 Å². The van der Waals surface area contributed by atoms with Gasteiger partial charge in [-0.15, -0.1) is 0 Å². The maximum Gasteiger partial charge on any atom is 0.0125 e. The maximum atomic E-state index is 5.81. The third-order valence-corrected chi connectivity index (χ3v) is 4.06. The molecule has 13 heavy (non-hydrogen) atoms. The molecule has 0 bridgehead atoms. The first-order chi connectivity index (χ1) is 6.18. The topological polar surface area (TPSA) is 29.3 Å². The van der Waals surface area contributed by atoms with Crippen LogP contribution in [0.5, 0.6) is 0 Å². The lowest BCUT2D eigenvalue weighted by Gasteiger charge is -2.43. The molecule has 0 radical (unpaired) electrons. The summed E-state index contributed by atoms with van der Waals surface area (Å²) in [7, 11) is 2.29. The molecule has 2 heteroatoms. The molecule has 2 aliphatic carbocycles. The summed E-state index contributed by atoms with van der Waals surface area (Å²) in [5.74, 6) is 0.904. The van der Waals surface area contributed by atoms with E-state index < -0.39 is 0 Å². The van der Waals surface area contributed by atoms with Crippen molar-refractivity contribution in [3.63, 3.8) is 0 Å². The summed E-state index contributed by atoms with van der Waals surface area (Å²) in [6.45, 7) is 2.40. The van der Waals surface area contributed by atoms with Crippen molar-refractivity contribution in [1.29, 1.82) is 0 Å². The van der Waals surface area contributed by atoms with E-state index in [9.17, 15) is 0 Å². The molecule has 0 heterocycles. The number of nitrogens with zero attached hydrogens (tertiary/aromatic N) is 1. The summed E-state index contributed by atoms with van der Waals surface area (Å²) in [5, 5.41) is 0. The highest BCUT2D eigenvalue weighted by atomic mass is 15.2. The molecule has 0 amide bonds. The van der Waals surface area contributed by atoms with Gasteiger partial charge in [-0.25, -0.2) is 0 Å². The van der Waals surface area contributed by atoms with Gasteiger partial charge in [0.2, 0.25) is 0 Å². The molecule has 2 atom stereocenters. The second kappa shape index (κ2) is 3.58. The minimum absolute atomic E-state index is 0.490. The predicted molar refractivity (Wildman–Crippen MR) is 55.6 cm³/mol. The van der Waals surface area contributed by atoms with Crippen LogP contribution in [0.4, 0.5) is 0 Å². The fourth-order valence-electron chi connectivity index (χ4n) is 2.96. The smallest absolute Gasteiger partial charge is 0.0125 e. The molecular weight excluding hydrogens is 160 g/mol. The Morgan fingerprint density at radius 2 is 1.92 bits per heavy atom. The number of nitrogens with two attached hydrogens (primary N) is 1. The molecule has 2 saturated carbocycles. The van der Waals surface area contributed by atoms with Crippen LogP contribution >= 0.6 is 0 Å². The minimum atomic E-state index is 0.490. The normalized spacial score (nSPS) is 45.2. The summed E-state index contributed by atoms with van der Waals surface area (Å²) >= 11 is 0. The standard InChI is InChI=1S/C11H22N2/c1-8-4-3-5-11(8)13(2)10-6-9(12)7-10/h8-11H,3-7,12H2,1-2H3. The predicted octanol–water partition coefficient (Wildman–Crippen LogP) is 1.60. The fourth-order valence-corrected chi connectivity index (χ4v) is 2.96. The van der Waals surface area contributed by atoms with Crippen LogP contribution in [0.1, 0.15) is 39.0 Å². The Kier molecular flexibility index (Phi) is 2.61. The molecule has 2 nitrogen and oxygen atoms in total. The zero-order valence-corrected chi connectivity index (χ0v) is 8.87. The van der Waals surface area contributed by atoms with E-state index in [2.05, 4.69) is 18.9 Å². The molecule has 2 fully saturated rings. The van der Waals surface area contributed by atoms with E-state index in [1.807, 2.05) is 0 Å². The summed E-state index contributed by atoms with van der Waals surface area (Å²) < 4.78 is 0. The van der Waals surface area contributed by atoms with E-state index >= 15 is 0 Å². The highest BCUT2D eigenvalue weighted by molar-refractivity contribution is 4.93. The van der Waals surface area contributed by atoms with E-state index in [0.717, 1.165) is 18.0 Å². The van der Waals surface area contributed by atoms with Crippen molar-refractivity contribution in [2.75, 3.05) is 7.05 Å². The molecule has 0 aromatic heterocycles. The Hall–Kier alpha value is -0.0800. The zero-order chi connectivity index (χ0) is 9.42. The molecular formula is C11H22N2. The molecule has 0 spiro atoms. The van der Waals surface area contributed by atoms with Crippen LogP contribution in [0.25, 0.3) is 0 Å². The van der Waals surface area contributed by atoms with Gasteiger partial charge in [-0.2, -0.15) is 0 Å². The van der Waals surface area contributed by atoms with Gasteiger partial charge in [-0.1, -0.05) is 13.3 Å². The van der Waals surface area contributed by atoms with Crippen molar-refractivity contribution in [2.24, 2.45) is 11.7 Å². The average molecular weight is 182 g/mol. The Balaban J connectivity index is 1.86. The summed E-state index contributed by atoms with van der Waals surface area (Å²) in [4.78, 5) is 2.60. The van der Waals surface area contributed by atoms with E-state index in [0.29, 0.717) is 6.04 Å². The highest BCUT2D eigenvalue weighted by Crippen LogP contribution is 2.33. The minimum Gasteiger partial charge on any atom is -0.328 e. The highest BCUT2D eigenvalue weighted by Gasteiger charge is 2.36. The van der Waals surface area contributed by atoms with Gasteiger partial charge < -0.3 is 10.6 Å². The van der Waals surface area contributed by atoms with Crippen molar-refractivity contribution in [1.82, 2.24) is 4.90 Å². The maximum absolute atomic E-state index is 5.81. The van der Waals surface area contributed by atoms with Crippen LogP contribution in [0.15, 0.2) is 0 Å². The third kappa shape index (κ3) is 1.75. The van der Waals surface area contributed by atoms with Crippen molar-refractivity contribution < 1.29 is 0 Å². The summed E-state index contributed by atoms with van der Waals surface area (Å²) in [6, 6.07) is 2.13. The van der Waals surface area contributed by atoms with Gasteiger partial charge in [0.25, 0.3) is 0 Å². The fraction of sp³-hybridized carbons (Fsp3) is 1.00. The SMILES string of the molecule is CC1CCCC1N(C)C1CC(N)C1. The average Bonchev–Trinajstić information content (AvgIpc) is 2.44. The van der Waals surface area contributed by atoms with E-state index in [1.54, 1.807) is 0 Å². The van der Waals surface area contributed by atoms with Crippen molar-refractivity contribution in [2.45, 2.75) is 57.2 Å². The van der Waals surface area contributed by atoms with Crippen LogP contribution in [0.3, 0.4) is 0 Å². The zero-order valence-electron chi connectivity index (χ0n) is 8.87. The van der Waals surface area contributed by atoms with E-state index in [1.165, 1.54) is 32.1 Å². The lowest BCUT2D eigenvalue weighted by molar-refractivity contribution is 0.0796. The van der Waals surface area contributed by atoms with Crippen molar-refractivity contribution in [3.05, 3.63) is 0 Å². The molecule has 76 valence electrons. The van der Waals surface area contributed by atoms with Crippen LogP contribution in [0.2, 0.25) is 0 Å². The monoisotopic (exact) mass is 182 g/mol. The molecule has 2 aliphatic rings. The number of hydrogen-bond donors (Lipinski definition) is 1. The first kappa shape index (κ1) is 9.47. The molecule has 2 unspecified atom stereocenters. The number of hydrogen-bond acceptors (Lipinski definition) is 2. The Morgan fingerprint density at radius 1 is 1.23 bits per heavy atom. The number of rotatable bonds is 2. The van der Waals surface area contributed by atoms with Crippen molar-refractivity contribution in [3.8, 4) is 0 Å². The van der Waals surface area contributed by atoms with Gasteiger partial charge in [0.15, 0.2) is 0 Å². The van der Waals surface area contributed by atoms with Crippen LogP contribution in [-0.4, -0.2) is 30.1 Å². The quantitative estimate of drug-likeness (QED) is 0.703. The Bertz CT molecular complexity index is 175. The Labute approximate surface area is 81.5 Å². The lowest BCUT2D eigenvalue weighted by atomic mass is 9.85. The first-order valence-electron chi connectivity index (χ1n) is 5.66. The largest absolute Gasteiger partial charge is 0.328 e. The van der Waals surface area contributed by atoms with Gasteiger partial charge in [-0.3, -0.25) is 0 Å². The summed E-state index contributed by atoms with van der Waals surface area (Å²) in [5.41, 5.74) is 5.81. The van der Waals surface area contributed by atoms with Crippen LogP contribution < -0.4 is 5.73 Å². The van der Waals surface area contributed by atoms with Gasteiger partial charge in [-0.05, 0) is 38.6 Å². The first-order valence-corrected chi connectivity index (χ1v) is 5.66.